The lowest BCUT2D eigenvalue weighted by Crippen LogP contribution is -2.24. The van der Waals surface area contributed by atoms with Crippen molar-refractivity contribution in [3.05, 3.63) is 34.6 Å². The van der Waals surface area contributed by atoms with E-state index in [9.17, 15) is 4.79 Å². The molecule has 0 saturated heterocycles. The van der Waals surface area contributed by atoms with Crippen LogP contribution in [0.5, 0.6) is 0 Å². The van der Waals surface area contributed by atoms with E-state index in [0.29, 0.717) is 10.6 Å². The Labute approximate surface area is 109 Å². The normalized spacial score (nSPS) is 19.2. The second kappa shape index (κ2) is 4.38. The van der Waals surface area contributed by atoms with Crippen LogP contribution in [0.2, 0.25) is 0 Å². The molecule has 1 atom stereocenters. The first-order valence-corrected chi connectivity index (χ1v) is 7.08. The molecule has 3 nitrogen and oxygen atoms in total. The first-order chi connectivity index (χ1) is 8.29. The molecule has 0 aliphatic carbocycles. The largest absolute Gasteiger partial charge is 0.320 e. The van der Waals surface area contributed by atoms with Gasteiger partial charge in [-0.15, -0.1) is 0 Å². The van der Waals surface area contributed by atoms with Crippen molar-refractivity contribution in [3.63, 3.8) is 0 Å². The zero-order chi connectivity index (χ0) is 11.8. The smallest absolute Gasteiger partial charge is 0.281 e. The highest BCUT2D eigenvalue weighted by atomic mass is 32.2. The monoisotopic (exact) mass is 264 g/mol. The van der Waals surface area contributed by atoms with Crippen molar-refractivity contribution in [2.24, 2.45) is 0 Å². The zero-order valence-corrected chi connectivity index (χ0v) is 10.9. The van der Waals surface area contributed by atoms with Crippen molar-refractivity contribution in [1.29, 1.82) is 0 Å². The molecule has 0 radical (unpaired) electrons. The summed E-state index contributed by atoms with van der Waals surface area (Å²) in [5, 5.41) is 2.01. The number of thioether (sulfide) groups is 1. The summed E-state index contributed by atoms with van der Waals surface area (Å²) in [6, 6.07) is 7.67. The predicted octanol–water partition coefficient (Wildman–Crippen LogP) is 2.19. The summed E-state index contributed by atoms with van der Waals surface area (Å²) in [6.07, 6.45) is 1.08. The van der Waals surface area contributed by atoms with E-state index in [2.05, 4.69) is 22.2 Å². The Balaban J connectivity index is 2.24. The molecule has 17 heavy (non-hydrogen) atoms. The molecule has 88 valence electrons. The molecular formula is C12H12N2OS2. The molecule has 1 aliphatic rings. The third-order valence-electron chi connectivity index (χ3n) is 3.00. The Morgan fingerprint density at radius 3 is 3.12 bits per heavy atom. The van der Waals surface area contributed by atoms with E-state index in [1.807, 2.05) is 24.3 Å². The first-order valence-electron chi connectivity index (χ1n) is 5.56. The number of aryl methyl sites for hydroxylation is 1. The minimum Gasteiger partial charge on any atom is -0.320 e. The van der Waals surface area contributed by atoms with Gasteiger partial charge in [-0.05, 0) is 18.6 Å². The molecule has 0 spiro atoms. The molecule has 1 aliphatic heterocycles. The average Bonchev–Trinajstić information content (AvgIpc) is 2.38. The molecule has 2 aromatic rings. The second-order valence-electron chi connectivity index (χ2n) is 4.08. The zero-order valence-electron chi connectivity index (χ0n) is 9.17. The van der Waals surface area contributed by atoms with Crippen LogP contribution in [-0.2, 0) is 6.54 Å². The van der Waals surface area contributed by atoms with Gasteiger partial charge >= 0.3 is 0 Å². The van der Waals surface area contributed by atoms with Crippen molar-refractivity contribution in [1.82, 2.24) is 9.55 Å². The molecular weight excluding hydrogens is 252 g/mol. The van der Waals surface area contributed by atoms with Crippen molar-refractivity contribution in [2.45, 2.75) is 23.4 Å². The van der Waals surface area contributed by atoms with Gasteiger partial charge in [-0.1, -0.05) is 23.9 Å². The van der Waals surface area contributed by atoms with E-state index < -0.39 is 0 Å². The van der Waals surface area contributed by atoms with E-state index in [-0.39, 0.29) is 5.56 Å². The fraction of sp³-hybridized carbons (Fsp3) is 0.333. The fourth-order valence-electron chi connectivity index (χ4n) is 2.12. The Bertz CT molecular complexity index is 623. The lowest BCUT2D eigenvalue weighted by molar-refractivity contribution is 0.570. The minimum atomic E-state index is -0.126. The molecule has 0 N–H and O–H groups in total. The number of hydrogen-bond donors (Lipinski definition) is 1. The van der Waals surface area contributed by atoms with Crippen LogP contribution in [0, 0.1) is 0 Å². The summed E-state index contributed by atoms with van der Waals surface area (Å²) < 4.78 is 2.14. The number of aromatic nitrogens is 2. The second-order valence-corrected chi connectivity index (χ2v) is 5.71. The number of hydrogen-bond acceptors (Lipinski definition) is 4. The van der Waals surface area contributed by atoms with Gasteiger partial charge in [0.05, 0.1) is 10.9 Å². The molecule has 1 aromatic heterocycles. The third kappa shape index (κ3) is 1.87. The van der Waals surface area contributed by atoms with Crippen LogP contribution in [0.4, 0.5) is 0 Å². The van der Waals surface area contributed by atoms with Crippen LogP contribution < -0.4 is 5.56 Å². The summed E-state index contributed by atoms with van der Waals surface area (Å²) in [4.78, 5) is 16.1. The van der Waals surface area contributed by atoms with E-state index in [0.717, 1.165) is 29.4 Å². The Morgan fingerprint density at radius 2 is 2.29 bits per heavy atom. The summed E-state index contributed by atoms with van der Waals surface area (Å²) in [5.41, 5.74) is 0.867. The highest BCUT2D eigenvalue weighted by Gasteiger charge is 2.21. The highest BCUT2D eigenvalue weighted by molar-refractivity contribution is 8.00. The Hall–Kier alpha value is -0.940. The van der Waals surface area contributed by atoms with Gasteiger partial charge in [0, 0.05) is 17.5 Å². The van der Waals surface area contributed by atoms with Crippen molar-refractivity contribution in [2.75, 3.05) is 5.75 Å². The van der Waals surface area contributed by atoms with E-state index in [4.69, 9.17) is 0 Å². The van der Waals surface area contributed by atoms with Crippen LogP contribution in [0.15, 0.2) is 34.2 Å². The van der Waals surface area contributed by atoms with Gasteiger partial charge in [-0.2, -0.15) is 17.6 Å². The molecule has 0 unspecified atom stereocenters. The van der Waals surface area contributed by atoms with Crippen LogP contribution in [0.3, 0.4) is 0 Å². The number of para-hydroxylation sites is 1. The molecule has 2 heterocycles. The van der Waals surface area contributed by atoms with Crippen molar-refractivity contribution < 1.29 is 0 Å². The lowest BCUT2D eigenvalue weighted by Gasteiger charge is -2.24. The van der Waals surface area contributed by atoms with E-state index in [1.54, 1.807) is 11.8 Å². The number of thiol groups is 1. The lowest BCUT2D eigenvalue weighted by atomic mass is 10.2. The topological polar surface area (TPSA) is 34.9 Å². The van der Waals surface area contributed by atoms with Gasteiger partial charge < -0.3 is 4.57 Å². The third-order valence-corrected chi connectivity index (χ3v) is 4.95. The van der Waals surface area contributed by atoms with Crippen LogP contribution in [0.1, 0.15) is 6.42 Å². The van der Waals surface area contributed by atoms with Crippen LogP contribution >= 0.6 is 24.4 Å². The van der Waals surface area contributed by atoms with Gasteiger partial charge in [0.1, 0.15) is 0 Å². The number of rotatable bonds is 1. The van der Waals surface area contributed by atoms with Crippen molar-refractivity contribution in [3.8, 4) is 0 Å². The fourth-order valence-corrected chi connectivity index (χ4v) is 3.57. The van der Waals surface area contributed by atoms with Gasteiger partial charge in [0.15, 0.2) is 5.16 Å². The molecule has 0 fully saturated rings. The maximum atomic E-state index is 11.9. The molecule has 0 amide bonds. The maximum Gasteiger partial charge on any atom is 0.281 e. The number of fused-ring (bicyclic) bond motifs is 3. The highest BCUT2D eigenvalue weighted by Crippen LogP contribution is 2.31. The first kappa shape index (κ1) is 11.2. The standard InChI is InChI=1S/C12H12N2OS2/c15-11-9-3-1-2-4-10(9)14-6-5-8(7-16)17-12(14)13-11/h1-4,8,16H,5-7H2/t8-/m1/s1. The van der Waals surface area contributed by atoms with E-state index in [1.165, 1.54) is 0 Å². The summed E-state index contributed by atoms with van der Waals surface area (Å²) in [5.74, 6) is 0.827. The van der Waals surface area contributed by atoms with Gasteiger partial charge in [0.2, 0.25) is 0 Å². The van der Waals surface area contributed by atoms with Crippen molar-refractivity contribution >= 4 is 35.3 Å². The van der Waals surface area contributed by atoms with Crippen LogP contribution in [-0.4, -0.2) is 20.6 Å². The van der Waals surface area contributed by atoms with Crippen LogP contribution in [0.25, 0.3) is 10.9 Å². The Morgan fingerprint density at radius 1 is 1.47 bits per heavy atom. The summed E-state index contributed by atoms with van der Waals surface area (Å²) >= 11 is 5.98. The average molecular weight is 264 g/mol. The summed E-state index contributed by atoms with van der Waals surface area (Å²) in [6.45, 7) is 0.918. The van der Waals surface area contributed by atoms with E-state index >= 15 is 0 Å². The molecule has 0 saturated carbocycles. The SMILES string of the molecule is O=c1nc2n(c3ccccc13)CC[C@H](CS)S2. The van der Waals surface area contributed by atoms with Gasteiger partial charge in [-0.3, -0.25) is 4.79 Å². The molecule has 3 rings (SSSR count). The number of benzene rings is 1. The number of nitrogens with zero attached hydrogens (tertiary/aromatic N) is 2. The van der Waals surface area contributed by atoms with Gasteiger partial charge in [-0.25, -0.2) is 0 Å². The minimum absolute atomic E-state index is 0.126. The quantitative estimate of drug-likeness (QED) is 0.633. The molecule has 5 heteroatoms. The molecule has 1 aromatic carbocycles. The predicted molar refractivity (Wildman–Crippen MR) is 74.1 cm³/mol. The maximum absolute atomic E-state index is 11.9. The Kier molecular flexibility index (Phi) is 2.88. The van der Waals surface area contributed by atoms with Gasteiger partial charge in [0.25, 0.3) is 5.56 Å². The molecule has 0 bridgehead atoms. The summed E-state index contributed by atoms with van der Waals surface area (Å²) in [7, 11) is 0.